The fourth-order valence-corrected chi connectivity index (χ4v) is 4.24. The molecule has 8 nitrogen and oxygen atoms in total. The first-order chi connectivity index (χ1) is 14.7. The zero-order valence-corrected chi connectivity index (χ0v) is 17.8. The number of amides is 1. The summed E-state index contributed by atoms with van der Waals surface area (Å²) >= 11 is 1.43. The summed E-state index contributed by atoms with van der Waals surface area (Å²) in [5.74, 6) is 0.918. The van der Waals surface area contributed by atoms with E-state index in [0.29, 0.717) is 42.1 Å². The molecule has 1 aromatic carbocycles. The SMILES string of the molecule is CCCOc1ccc(C(=O)Nc2nc3c(OC)ccc(N4CCOCC4)c3s2)cn1. The topological polar surface area (TPSA) is 85.8 Å². The third-order valence-corrected chi connectivity index (χ3v) is 5.72. The minimum Gasteiger partial charge on any atom is -0.494 e. The van der Waals surface area contributed by atoms with Crippen LogP contribution in [0.15, 0.2) is 30.5 Å². The summed E-state index contributed by atoms with van der Waals surface area (Å²) in [5, 5.41) is 3.39. The molecule has 0 aliphatic carbocycles. The zero-order chi connectivity index (χ0) is 20.9. The molecule has 0 bridgehead atoms. The summed E-state index contributed by atoms with van der Waals surface area (Å²) < 4.78 is 17.4. The van der Waals surface area contributed by atoms with Gasteiger partial charge in [-0.25, -0.2) is 9.97 Å². The molecule has 0 atom stereocenters. The van der Waals surface area contributed by atoms with E-state index in [4.69, 9.17) is 14.2 Å². The number of thiazole rings is 1. The van der Waals surface area contributed by atoms with Crippen LogP contribution in [0.25, 0.3) is 10.2 Å². The second-order valence-corrected chi connectivity index (χ2v) is 7.77. The maximum absolute atomic E-state index is 12.7. The average Bonchev–Trinajstić information content (AvgIpc) is 3.21. The van der Waals surface area contributed by atoms with Crippen molar-refractivity contribution in [3.63, 3.8) is 0 Å². The first-order valence-corrected chi connectivity index (χ1v) is 10.7. The number of rotatable bonds is 7. The van der Waals surface area contributed by atoms with Crippen LogP contribution >= 0.6 is 11.3 Å². The number of methoxy groups -OCH3 is 1. The number of carbonyl (C=O) groups excluding carboxylic acids is 1. The molecule has 1 N–H and O–H groups in total. The van der Waals surface area contributed by atoms with Crippen molar-refractivity contribution in [2.45, 2.75) is 13.3 Å². The smallest absolute Gasteiger partial charge is 0.259 e. The Morgan fingerprint density at radius 3 is 2.80 bits per heavy atom. The summed E-state index contributed by atoms with van der Waals surface area (Å²) in [6, 6.07) is 7.34. The van der Waals surface area contributed by atoms with Crippen LogP contribution in [-0.2, 0) is 4.74 Å². The Balaban J connectivity index is 1.57. The molecule has 0 spiro atoms. The molecule has 0 radical (unpaired) electrons. The van der Waals surface area contributed by atoms with Crippen molar-refractivity contribution in [3.8, 4) is 11.6 Å². The highest BCUT2D eigenvalue weighted by atomic mass is 32.1. The molecule has 4 rings (SSSR count). The molecule has 0 unspecified atom stereocenters. The molecular formula is C21H24N4O4S. The maximum atomic E-state index is 12.7. The standard InChI is InChI=1S/C21H24N4O4S/c1-3-10-29-17-7-4-14(13-22-17)20(26)24-21-23-18-16(27-2)6-5-15(19(18)30-21)25-8-11-28-12-9-25/h4-7,13H,3,8-12H2,1-2H3,(H,23,24,26). The molecule has 1 aliphatic heterocycles. The third-order valence-electron chi connectivity index (χ3n) is 4.73. The van der Waals surface area contributed by atoms with E-state index in [9.17, 15) is 4.79 Å². The van der Waals surface area contributed by atoms with Crippen LogP contribution < -0.4 is 19.7 Å². The lowest BCUT2D eigenvalue weighted by atomic mass is 10.2. The van der Waals surface area contributed by atoms with Crippen LogP contribution in [0.1, 0.15) is 23.7 Å². The highest BCUT2D eigenvalue weighted by Crippen LogP contribution is 2.39. The molecule has 1 amide bonds. The van der Waals surface area contributed by atoms with Crippen LogP contribution in [0.2, 0.25) is 0 Å². The predicted molar refractivity (Wildman–Crippen MR) is 117 cm³/mol. The molecule has 0 saturated carbocycles. The first kappa shape index (κ1) is 20.4. The zero-order valence-electron chi connectivity index (χ0n) is 17.0. The largest absolute Gasteiger partial charge is 0.494 e. The minimum atomic E-state index is -0.268. The Labute approximate surface area is 178 Å². The molecule has 3 aromatic rings. The number of nitrogens with one attached hydrogen (secondary N) is 1. The van der Waals surface area contributed by atoms with E-state index >= 15 is 0 Å². The van der Waals surface area contributed by atoms with Crippen LogP contribution in [-0.4, -0.2) is 55.9 Å². The van der Waals surface area contributed by atoms with Crippen molar-refractivity contribution in [2.75, 3.05) is 50.2 Å². The molecule has 1 fully saturated rings. The number of carbonyl (C=O) groups is 1. The van der Waals surface area contributed by atoms with E-state index in [1.807, 2.05) is 19.1 Å². The number of ether oxygens (including phenoxy) is 3. The normalized spacial score (nSPS) is 14.0. The van der Waals surface area contributed by atoms with Crippen LogP contribution in [0.3, 0.4) is 0 Å². The van der Waals surface area contributed by atoms with Gasteiger partial charge in [-0.3, -0.25) is 10.1 Å². The highest BCUT2D eigenvalue weighted by molar-refractivity contribution is 7.23. The lowest BCUT2D eigenvalue weighted by Crippen LogP contribution is -2.36. The molecule has 2 aromatic heterocycles. The molecular weight excluding hydrogens is 404 g/mol. The van der Waals surface area contributed by atoms with Crippen LogP contribution in [0.4, 0.5) is 10.8 Å². The fraction of sp³-hybridized carbons (Fsp3) is 0.381. The average molecular weight is 429 g/mol. The van der Waals surface area contributed by atoms with E-state index in [-0.39, 0.29) is 5.91 Å². The number of aromatic nitrogens is 2. The molecule has 9 heteroatoms. The van der Waals surface area contributed by atoms with Crippen molar-refractivity contribution in [1.29, 1.82) is 0 Å². The van der Waals surface area contributed by atoms with E-state index in [2.05, 4.69) is 20.2 Å². The number of nitrogens with zero attached hydrogens (tertiary/aromatic N) is 3. The van der Waals surface area contributed by atoms with Gasteiger partial charge in [0.2, 0.25) is 5.88 Å². The Kier molecular flexibility index (Phi) is 6.29. The predicted octanol–water partition coefficient (Wildman–Crippen LogP) is 3.58. The molecule has 30 heavy (non-hydrogen) atoms. The van der Waals surface area contributed by atoms with E-state index in [0.717, 1.165) is 35.4 Å². The van der Waals surface area contributed by atoms with Gasteiger partial charge in [-0.2, -0.15) is 0 Å². The van der Waals surface area contributed by atoms with Crippen molar-refractivity contribution < 1.29 is 19.0 Å². The Bertz CT molecular complexity index is 1020. The number of anilines is 2. The van der Waals surface area contributed by atoms with Gasteiger partial charge < -0.3 is 19.1 Å². The fourth-order valence-electron chi connectivity index (χ4n) is 3.22. The number of fused-ring (bicyclic) bond motifs is 1. The third kappa shape index (κ3) is 4.31. The van der Waals surface area contributed by atoms with Gasteiger partial charge in [-0.05, 0) is 24.6 Å². The minimum absolute atomic E-state index is 0.268. The molecule has 158 valence electrons. The highest BCUT2D eigenvalue weighted by Gasteiger charge is 2.20. The second kappa shape index (κ2) is 9.27. The molecule has 1 saturated heterocycles. The van der Waals surface area contributed by atoms with Gasteiger partial charge in [0.1, 0.15) is 11.3 Å². The number of pyridine rings is 1. The van der Waals surface area contributed by atoms with Crippen LogP contribution in [0.5, 0.6) is 11.6 Å². The Morgan fingerprint density at radius 1 is 1.27 bits per heavy atom. The summed E-state index contributed by atoms with van der Waals surface area (Å²) in [4.78, 5) is 23.8. The quantitative estimate of drug-likeness (QED) is 0.616. The molecule has 3 heterocycles. The monoisotopic (exact) mass is 428 g/mol. The van der Waals surface area contributed by atoms with E-state index in [1.165, 1.54) is 17.5 Å². The summed E-state index contributed by atoms with van der Waals surface area (Å²) in [7, 11) is 1.62. The van der Waals surface area contributed by atoms with Crippen LogP contribution in [0, 0.1) is 0 Å². The maximum Gasteiger partial charge on any atom is 0.259 e. The van der Waals surface area contributed by atoms with Gasteiger partial charge in [-0.15, -0.1) is 0 Å². The van der Waals surface area contributed by atoms with Gasteiger partial charge in [0.05, 0.1) is 42.9 Å². The first-order valence-electron chi connectivity index (χ1n) is 9.90. The Hall–Kier alpha value is -2.91. The molecule has 1 aliphatic rings. The van der Waals surface area contributed by atoms with Gasteiger partial charge >= 0.3 is 0 Å². The number of hydrogen-bond donors (Lipinski definition) is 1. The second-order valence-electron chi connectivity index (χ2n) is 6.77. The summed E-state index contributed by atoms with van der Waals surface area (Å²) in [6.45, 7) is 5.65. The van der Waals surface area contributed by atoms with Gasteiger partial charge in [0, 0.05) is 25.4 Å². The van der Waals surface area contributed by atoms with Gasteiger partial charge in [0.15, 0.2) is 5.13 Å². The lowest BCUT2D eigenvalue weighted by molar-refractivity contribution is 0.102. The van der Waals surface area contributed by atoms with E-state index < -0.39 is 0 Å². The summed E-state index contributed by atoms with van der Waals surface area (Å²) in [6.07, 6.45) is 2.41. The van der Waals surface area contributed by atoms with Crippen molar-refractivity contribution in [1.82, 2.24) is 9.97 Å². The summed E-state index contributed by atoms with van der Waals surface area (Å²) in [5.41, 5.74) is 2.26. The number of hydrogen-bond acceptors (Lipinski definition) is 8. The van der Waals surface area contributed by atoms with Gasteiger partial charge in [0.25, 0.3) is 5.91 Å². The number of benzene rings is 1. The van der Waals surface area contributed by atoms with Gasteiger partial charge in [-0.1, -0.05) is 18.3 Å². The Morgan fingerprint density at radius 2 is 2.10 bits per heavy atom. The van der Waals surface area contributed by atoms with Crippen molar-refractivity contribution >= 4 is 38.3 Å². The van der Waals surface area contributed by atoms with Crippen molar-refractivity contribution in [3.05, 3.63) is 36.0 Å². The van der Waals surface area contributed by atoms with E-state index in [1.54, 1.807) is 19.2 Å². The lowest BCUT2D eigenvalue weighted by Gasteiger charge is -2.29. The van der Waals surface area contributed by atoms with Crippen molar-refractivity contribution in [2.24, 2.45) is 0 Å². The number of morpholine rings is 1.